The molecular formula is C21H19N5O. The molecule has 6 heteroatoms. The first kappa shape index (κ1) is 15.8. The van der Waals surface area contributed by atoms with E-state index in [0.29, 0.717) is 6.54 Å². The van der Waals surface area contributed by atoms with Gasteiger partial charge in [0.25, 0.3) is 0 Å². The molecule has 0 spiro atoms. The van der Waals surface area contributed by atoms with E-state index in [0.717, 1.165) is 46.1 Å². The maximum Gasteiger partial charge on any atom is 0.133 e. The molecular weight excluding hydrogens is 338 g/mol. The van der Waals surface area contributed by atoms with Crippen molar-refractivity contribution in [2.45, 2.75) is 26.9 Å². The zero-order chi connectivity index (χ0) is 18.4. The topological polar surface area (TPSA) is 68.2 Å². The number of amidine groups is 1. The summed E-state index contributed by atoms with van der Waals surface area (Å²) in [7, 11) is 0. The summed E-state index contributed by atoms with van der Waals surface area (Å²) in [6.45, 7) is 5.24. The summed E-state index contributed by atoms with van der Waals surface area (Å²) in [5, 5.41) is 13.3. The Bertz CT molecular complexity index is 1180. The van der Waals surface area contributed by atoms with Crippen LogP contribution in [0.3, 0.4) is 0 Å². The van der Waals surface area contributed by atoms with Crippen molar-refractivity contribution in [2.24, 2.45) is 4.99 Å². The van der Waals surface area contributed by atoms with Gasteiger partial charge < -0.3 is 9.84 Å². The van der Waals surface area contributed by atoms with Crippen LogP contribution in [0.25, 0.3) is 10.9 Å². The van der Waals surface area contributed by atoms with Gasteiger partial charge in [0.2, 0.25) is 0 Å². The Hall–Kier alpha value is -3.41. The molecule has 4 aromatic rings. The fourth-order valence-corrected chi connectivity index (χ4v) is 3.57. The smallest absolute Gasteiger partial charge is 0.133 e. The second kappa shape index (κ2) is 6.09. The molecule has 0 atom stereocenters. The van der Waals surface area contributed by atoms with Crippen LogP contribution in [0.4, 0.5) is 5.69 Å². The number of aromatic nitrogens is 3. The van der Waals surface area contributed by atoms with Crippen LogP contribution in [-0.2, 0) is 13.1 Å². The minimum atomic E-state index is 0.592. The fourth-order valence-electron chi connectivity index (χ4n) is 3.57. The fraction of sp³-hybridized carbons (Fsp3) is 0.190. The first-order chi connectivity index (χ1) is 13.2. The lowest BCUT2D eigenvalue weighted by atomic mass is 10.1. The van der Waals surface area contributed by atoms with Crippen LogP contribution >= 0.6 is 0 Å². The van der Waals surface area contributed by atoms with Crippen LogP contribution in [0.1, 0.15) is 28.3 Å². The molecule has 0 aliphatic carbocycles. The molecule has 1 aliphatic heterocycles. The van der Waals surface area contributed by atoms with E-state index in [1.54, 1.807) is 0 Å². The molecule has 1 aliphatic rings. The van der Waals surface area contributed by atoms with E-state index in [1.807, 2.05) is 30.7 Å². The number of aliphatic imine (C=N–C) groups is 1. The molecule has 2 aromatic heterocycles. The number of benzene rings is 2. The van der Waals surface area contributed by atoms with Gasteiger partial charge in [0.05, 0.1) is 24.3 Å². The van der Waals surface area contributed by atoms with E-state index in [2.05, 4.69) is 57.0 Å². The van der Waals surface area contributed by atoms with Gasteiger partial charge in [0, 0.05) is 22.7 Å². The molecule has 27 heavy (non-hydrogen) atoms. The molecule has 134 valence electrons. The van der Waals surface area contributed by atoms with Gasteiger partial charge in [0.1, 0.15) is 17.3 Å². The zero-order valence-electron chi connectivity index (χ0n) is 15.2. The average Bonchev–Trinajstić information content (AvgIpc) is 3.35. The summed E-state index contributed by atoms with van der Waals surface area (Å²) in [6, 6.07) is 16.6. The van der Waals surface area contributed by atoms with Crippen LogP contribution in [0.2, 0.25) is 0 Å². The van der Waals surface area contributed by atoms with E-state index < -0.39 is 0 Å². The number of rotatable bonds is 3. The normalized spacial score (nSPS) is 13.0. The third-order valence-corrected chi connectivity index (χ3v) is 4.87. The lowest BCUT2D eigenvalue weighted by Crippen LogP contribution is -2.11. The van der Waals surface area contributed by atoms with E-state index in [9.17, 15) is 0 Å². The largest absolute Gasteiger partial charge is 0.361 e. The number of hydrogen-bond donors (Lipinski definition) is 1. The summed E-state index contributed by atoms with van der Waals surface area (Å²) in [4.78, 5) is 4.63. The van der Waals surface area contributed by atoms with E-state index >= 15 is 0 Å². The van der Waals surface area contributed by atoms with Gasteiger partial charge in [-0.2, -0.15) is 5.10 Å². The first-order valence-corrected chi connectivity index (χ1v) is 8.96. The lowest BCUT2D eigenvalue weighted by molar-refractivity contribution is 0.388. The van der Waals surface area contributed by atoms with Crippen LogP contribution in [-0.4, -0.2) is 20.8 Å². The minimum absolute atomic E-state index is 0.592. The zero-order valence-corrected chi connectivity index (χ0v) is 15.2. The number of hydrogen-bond acceptors (Lipinski definition) is 5. The Morgan fingerprint density at radius 2 is 2.00 bits per heavy atom. The molecule has 0 bridgehead atoms. The van der Waals surface area contributed by atoms with Crippen molar-refractivity contribution in [3.05, 3.63) is 76.8 Å². The highest BCUT2D eigenvalue weighted by molar-refractivity contribution is 6.11. The molecule has 2 aromatic carbocycles. The van der Waals surface area contributed by atoms with E-state index in [1.165, 1.54) is 11.1 Å². The highest BCUT2D eigenvalue weighted by Gasteiger charge is 2.16. The van der Waals surface area contributed by atoms with Crippen LogP contribution < -0.4 is 5.32 Å². The average molecular weight is 357 g/mol. The quantitative estimate of drug-likeness (QED) is 0.600. The van der Waals surface area contributed by atoms with Gasteiger partial charge in [-0.05, 0) is 37.6 Å². The Balaban J connectivity index is 1.45. The van der Waals surface area contributed by atoms with E-state index in [-0.39, 0.29) is 0 Å². The molecule has 0 fully saturated rings. The third-order valence-electron chi connectivity index (χ3n) is 4.87. The van der Waals surface area contributed by atoms with Gasteiger partial charge in [-0.15, -0.1) is 0 Å². The standard InChI is InChI=1S/C21H19N5O/c1-13-9-17(25-27-13)12-26-20-8-7-16(10-19(20)14(2)24-26)23-21-18-6-4-3-5-15(18)11-22-21/h3-10H,11-12H2,1-2H3,(H,22,23). The lowest BCUT2D eigenvalue weighted by Gasteiger charge is -2.08. The Morgan fingerprint density at radius 3 is 2.85 bits per heavy atom. The number of fused-ring (bicyclic) bond motifs is 2. The first-order valence-electron chi connectivity index (χ1n) is 8.96. The molecule has 0 saturated carbocycles. The summed E-state index contributed by atoms with van der Waals surface area (Å²) in [5.74, 6) is 1.73. The molecule has 0 radical (unpaired) electrons. The van der Waals surface area contributed by atoms with Crippen molar-refractivity contribution in [3.8, 4) is 0 Å². The second-order valence-electron chi connectivity index (χ2n) is 6.85. The minimum Gasteiger partial charge on any atom is -0.361 e. The Kier molecular flexibility index (Phi) is 3.57. The maximum atomic E-state index is 5.16. The summed E-state index contributed by atoms with van der Waals surface area (Å²) >= 11 is 0. The van der Waals surface area contributed by atoms with Gasteiger partial charge in [-0.1, -0.05) is 29.4 Å². The molecule has 0 unspecified atom stereocenters. The van der Waals surface area contributed by atoms with Crippen molar-refractivity contribution < 1.29 is 4.52 Å². The van der Waals surface area contributed by atoms with E-state index in [4.69, 9.17) is 4.52 Å². The Labute approximate surface area is 156 Å². The second-order valence-corrected chi connectivity index (χ2v) is 6.85. The van der Waals surface area contributed by atoms with Crippen molar-refractivity contribution in [1.82, 2.24) is 14.9 Å². The molecule has 3 heterocycles. The molecule has 5 rings (SSSR count). The van der Waals surface area contributed by atoms with Crippen molar-refractivity contribution in [3.63, 3.8) is 0 Å². The third kappa shape index (κ3) is 2.79. The summed E-state index contributed by atoms with van der Waals surface area (Å²) in [6.07, 6.45) is 0. The monoisotopic (exact) mass is 357 g/mol. The molecule has 0 amide bonds. The van der Waals surface area contributed by atoms with Crippen molar-refractivity contribution in [2.75, 3.05) is 5.32 Å². The van der Waals surface area contributed by atoms with Crippen LogP contribution in [0, 0.1) is 13.8 Å². The Morgan fingerprint density at radius 1 is 1.11 bits per heavy atom. The van der Waals surface area contributed by atoms with Gasteiger partial charge in [0.15, 0.2) is 0 Å². The molecule has 1 N–H and O–H groups in total. The maximum absolute atomic E-state index is 5.16. The predicted molar refractivity (Wildman–Crippen MR) is 105 cm³/mol. The SMILES string of the molecule is Cc1cc(Cn2nc(C)c3cc(NC4=NCc5ccccc54)ccc32)no1. The summed E-state index contributed by atoms with van der Waals surface area (Å²) in [5.41, 5.74) is 6.38. The molecule has 0 saturated heterocycles. The predicted octanol–water partition coefficient (Wildman–Crippen LogP) is 4.06. The van der Waals surface area contributed by atoms with Gasteiger partial charge in [-0.25, -0.2) is 0 Å². The highest BCUT2D eigenvalue weighted by Crippen LogP contribution is 2.25. The number of aryl methyl sites for hydroxylation is 2. The van der Waals surface area contributed by atoms with Gasteiger partial charge in [-0.3, -0.25) is 9.67 Å². The van der Waals surface area contributed by atoms with Crippen LogP contribution in [0.15, 0.2) is 58.0 Å². The number of anilines is 1. The highest BCUT2D eigenvalue weighted by atomic mass is 16.5. The number of nitrogens with zero attached hydrogens (tertiary/aromatic N) is 4. The van der Waals surface area contributed by atoms with Crippen molar-refractivity contribution >= 4 is 22.4 Å². The van der Waals surface area contributed by atoms with Gasteiger partial charge >= 0.3 is 0 Å². The number of nitrogens with one attached hydrogen (secondary N) is 1. The summed E-state index contributed by atoms with van der Waals surface area (Å²) < 4.78 is 7.13. The van der Waals surface area contributed by atoms with Crippen molar-refractivity contribution in [1.29, 1.82) is 0 Å². The van der Waals surface area contributed by atoms with Crippen LogP contribution in [0.5, 0.6) is 0 Å². The molecule has 6 nitrogen and oxygen atoms in total.